The molecule has 0 bridgehead atoms. The summed E-state index contributed by atoms with van der Waals surface area (Å²) in [6.07, 6.45) is 0. The van der Waals surface area contributed by atoms with Gasteiger partial charge in [0.25, 0.3) is 5.91 Å². The van der Waals surface area contributed by atoms with Crippen molar-refractivity contribution in [2.24, 2.45) is 0 Å². The molecule has 3 aromatic rings. The van der Waals surface area contributed by atoms with Gasteiger partial charge in [0.15, 0.2) is 9.84 Å². The van der Waals surface area contributed by atoms with Crippen LogP contribution < -0.4 is 10.0 Å². The molecular weight excluding hydrogens is 448 g/mol. The smallest absolute Gasteiger partial charge is 0.255 e. The van der Waals surface area contributed by atoms with Crippen molar-refractivity contribution >= 4 is 31.5 Å². The molecule has 0 saturated carbocycles. The number of nitrogens with one attached hydrogen (secondary N) is 2. The molecule has 0 heterocycles. The molecule has 3 rings (SSSR count). The first-order valence-corrected chi connectivity index (χ1v) is 13.0. The summed E-state index contributed by atoms with van der Waals surface area (Å²) in [5, 5.41) is 2.70. The van der Waals surface area contributed by atoms with E-state index in [0.717, 1.165) is 0 Å². The van der Waals surface area contributed by atoms with Gasteiger partial charge in [0.2, 0.25) is 10.0 Å². The molecule has 0 fully saturated rings. The minimum Gasteiger partial charge on any atom is -0.322 e. The van der Waals surface area contributed by atoms with Crippen LogP contribution in [0.1, 0.15) is 29.8 Å². The summed E-state index contributed by atoms with van der Waals surface area (Å²) in [5.74, 6) is -0.558. The molecule has 0 unspecified atom stereocenters. The van der Waals surface area contributed by atoms with Gasteiger partial charge in [-0.2, -0.15) is 0 Å². The molecular formula is C23H24N2O5S2. The van der Waals surface area contributed by atoms with Gasteiger partial charge in [-0.3, -0.25) is 4.79 Å². The van der Waals surface area contributed by atoms with Gasteiger partial charge in [-0.1, -0.05) is 30.3 Å². The molecule has 0 atom stereocenters. The Labute approximate surface area is 188 Å². The Morgan fingerprint density at radius 1 is 0.781 bits per heavy atom. The van der Waals surface area contributed by atoms with Crippen molar-refractivity contribution < 1.29 is 21.6 Å². The van der Waals surface area contributed by atoms with Gasteiger partial charge in [-0.15, -0.1) is 0 Å². The normalized spacial score (nSPS) is 12.0. The third-order valence-corrected chi connectivity index (χ3v) is 7.87. The fourth-order valence-corrected chi connectivity index (χ4v) is 5.60. The lowest BCUT2D eigenvalue weighted by molar-refractivity contribution is 0.102. The summed E-state index contributed by atoms with van der Waals surface area (Å²) >= 11 is 0. The molecule has 168 valence electrons. The lowest BCUT2D eigenvalue weighted by Gasteiger charge is -2.11. The van der Waals surface area contributed by atoms with Gasteiger partial charge in [0.05, 0.1) is 15.5 Å². The predicted octanol–water partition coefficient (Wildman–Crippen LogP) is 3.60. The Kier molecular flexibility index (Phi) is 7.12. The summed E-state index contributed by atoms with van der Waals surface area (Å²) in [7, 11) is -7.08. The summed E-state index contributed by atoms with van der Waals surface area (Å²) in [5.41, 5.74) is 1.36. The zero-order valence-electron chi connectivity index (χ0n) is 17.6. The second kappa shape index (κ2) is 9.64. The number of amides is 1. The maximum Gasteiger partial charge on any atom is 0.255 e. The molecule has 0 radical (unpaired) electrons. The second-order valence-corrected chi connectivity index (χ2v) is 11.2. The Morgan fingerprint density at radius 3 is 1.94 bits per heavy atom. The van der Waals surface area contributed by atoms with Crippen molar-refractivity contribution in [3.8, 4) is 0 Å². The van der Waals surface area contributed by atoms with E-state index in [1.54, 1.807) is 68.4 Å². The van der Waals surface area contributed by atoms with E-state index in [1.807, 2.05) is 0 Å². The number of anilines is 1. The van der Waals surface area contributed by atoms with E-state index in [0.29, 0.717) is 16.8 Å². The third-order valence-electron chi connectivity index (χ3n) is 4.49. The van der Waals surface area contributed by atoms with Crippen LogP contribution in [0.5, 0.6) is 0 Å². The molecule has 3 aromatic carbocycles. The Balaban J connectivity index is 1.66. The van der Waals surface area contributed by atoms with Crippen LogP contribution in [0.15, 0.2) is 88.7 Å². The van der Waals surface area contributed by atoms with Gasteiger partial charge in [0, 0.05) is 17.3 Å². The number of sulfone groups is 1. The van der Waals surface area contributed by atoms with E-state index in [1.165, 1.54) is 24.3 Å². The van der Waals surface area contributed by atoms with Gasteiger partial charge >= 0.3 is 0 Å². The Morgan fingerprint density at radius 2 is 1.38 bits per heavy atom. The highest BCUT2D eigenvalue weighted by molar-refractivity contribution is 7.90. The number of benzene rings is 3. The first kappa shape index (κ1) is 23.6. The molecule has 2 N–H and O–H groups in total. The van der Waals surface area contributed by atoms with Crippen LogP contribution in [0, 0.1) is 0 Å². The van der Waals surface area contributed by atoms with Crippen LogP contribution in [0.4, 0.5) is 5.69 Å². The zero-order valence-corrected chi connectivity index (χ0v) is 19.3. The van der Waals surface area contributed by atoms with Crippen LogP contribution in [-0.4, -0.2) is 28.8 Å². The van der Waals surface area contributed by atoms with E-state index < -0.39 is 25.8 Å². The molecule has 0 aliphatic heterocycles. The summed E-state index contributed by atoms with van der Waals surface area (Å²) < 4.78 is 51.8. The van der Waals surface area contributed by atoms with Gasteiger partial charge in [0.1, 0.15) is 0 Å². The summed E-state index contributed by atoms with van der Waals surface area (Å²) in [6.45, 7) is 3.46. The van der Waals surface area contributed by atoms with Crippen LogP contribution in [0.3, 0.4) is 0 Å². The average Bonchev–Trinajstić information content (AvgIpc) is 2.74. The fraction of sp³-hybridized carbons (Fsp3) is 0.174. The number of hydrogen-bond donors (Lipinski definition) is 2. The molecule has 0 aromatic heterocycles. The highest BCUT2D eigenvalue weighted by atomic mass is 32.2. The van der Waals surface area contributed by atoms with E-state index in [4.69, 9.17) is 0 Å². The minimum atomic E-state index is -3.61. The van der Waals surface area contributed by atoms with E-state index in [2.05, 4.69) is 10.0 Å². The molecule has 1 amide bonds. The maximum absolute atomic E-state index is 12.5. The third kappa shape index (κ3) is 6.03. The molecule has 32 heavy (non-hydrogen) atoms. The molecule has 0 saturated heterocycles. The van der Waals surface area contributed by atoms with Gasteiger partial charge in [-0.25, -0.2) is 21.6 Å². The van der Waals surface area contributed by atoms with Crippen LogP contribution in [0.25, 0.3) is 0 Å². The Hall–Kier alpha value is -3.01. The second-order valence-electron chi connectivity index (χ2n) is 7.52. The molecule has 0 aliphatic rings. The van der Waals surface area contributed by atoms with E-state index in [-0.39, 0.29) is 21.6 Å². The number of rotatable bonds is 8. The first-order chi connectivity index (χ1) is 15.1. The zero-order chi connectivity index (χ0) is 23.4. The van der Waals surface area contributed by atoms with Crippen LogP contribution in [-0.2, 0) is 25.6 Å². The average molecular weight is 473 g/mol. The van der Waals surface area contributed by atoms with Crippen molar-refractivity contribution in [1.29, 1.82) is 0 Å². The standard InChI is InChI=1S/C23H24N2O5S2/c1-17(2)25-32(29,30)22-14-12-20(13-15-22)24-23(26)19-10-8-18(9-11-19)16-31(27,28)21-6-4-3-5-7-21/h3-15,17,25H,16H2,1-2H3,(H,24,26). The monoisotopic (exact) mass is 472 g/mol. The van der Waals surface area contributed by atoms with Crippen LogP contribution in [0.2, 0.25) is 0 Å². The highest BCUT2D eigenvalue weighted by Gasteiger charge is 2.17. The molecule has 9 heteroatoms. The van der Waals surface area contributed by atoms with E-state index >= 15 is 0 Å². The summed E-state index contributed by atoms with van der Waals surface area (Å²) in [6, 6.07) is 20.1. The number of sulfonamides is 1. The highest BCUT2D eigenvalue weighted by Crippen LogP contribution is 2.18. The quantitative estimate of drug-likeness (QED) is 0.521. The topological polar surface area (TPSA) is 109 Å². The van der Waals surface area contributed by atoms with Gasteiger partial charge < -0.3 is 5.32 Å². The first-order valence-electron chi connectivity index (χ1n) is 9.87. The largest absolute Gasteiger partial charge is 0.322 e. The molecule has 0 spiro atoms. The van der Waals surface area contributed by atoms with Crippen molar-refractivity contribution in [3.05, 3.63) is 90.0 Å². The van der Waals surface area contributed by atoms with Crippen molar-refractivity contribution in [1.82, 2.24) is 4.72 Å². The number of carbonyl (C=O) groups is 1. The maximum atomic E-state index is 12.5. The van der Waals surface area contributed by atoms with Gasteiger partial charge in [-0.05, 0) is 67.9 Å². The SMILES string of the molecule is CC(C)NS(=O)(=O)c1ccc(NC(=O)c2ccc(CS(=O)(=O)c3ccccc3)cc2)cc1. The predicted molar refractivity (Wildman–Crippen MR) is 124 cm³/mol. The lowest BCUT2D eigenvalue weighted by atomic mass is 10.1. The number of hydrogen-bond acceptors (Lipinski definition) is 5. The number of carbonyl (C=O) groups excluding carboxylic acids is 1. The molecule has 7 nitrogen and oxygen atoms in total. The minimum absolute atomic E-state index is 0.105. The van der Waals surface area contributed by atoms with Crippen molar-refractivity contribution in [3.63, 3.8) is 0 Å². The van der Waals surface area contributed by atoms with Crippen LogP contribution >= 0.6 is 0 Å². The lowest BCUT2D eigenvalue weighted by Crippen LogP contribution is -2.30. The van der Waals surface area contributed by atoms with Crippen molar-refractivity contribution in [2.75, 3.05) is 5.32 Å². The fourth-order valence-electron chi connectivity index (χ4n) is 2.98. The Bertz CT molecular complexity index is 1280. The summed E-state index contributed by atoms with van der Waals surface area (Å²) in [4.78, 5) is 12.9. The van der Waals surface area contributed by atoms with Crippen molar-refractivity contribution in [2.45, 2.75) is 35.4 Å². The molecule has 0 aliphatic carbocycles. The van der Waals surface area contributed by atoms with E-state index in [9.17, 15) is 21.6 Å².